The summed E-state index contributed by atoms with van der Waals surface area (Å²) in [5, 5.41) is 0. The summed E-state index contributed by atoms with van der Waals surface area (Å²) in [6, 6.07) is 3.63. The van der Waals surface area contributed by atoms with E-state index < -0.39 is 11.9 Å². The summed E-state index contributed by atoms with van der Waals surface area (Å²) in [5.41, 5.74) is 5.68. The van der Waals surface area contributed by atoms with E-state index in [0.29, 0.717) is 0 Å². The topological polar surface area (TPSA) is 52.3 Å². The number of hydrogen-bond donors (Lipinski definition) is 1. The molecule has 0 spiro atoms. The first kappa shape index (κ1) is 10.7. The largest absolute Gasteiger partial charge is 0.494 e. The van der Waals surface area contributed by atoms with E-state index in [2.05, 4.69) is 0 Å². The van der Waals surface area contributed by atoms with Crippen molar-refractivity contribution in [3.8, 4) is 5.75 Å². The van der Waals surface area contributed by atoms with Crippen LogP contribution in [0.1, 0.15) is 18.5 Å². The molecule has 4 heteroatoms. The number of Topliss-reactive ketones (excluding diaryl/α,β-unsaturated/α-hetero) is 1. The number of halogens is 1. The van der Waals surface area contributed by atoms with Crippen molar-refractivity contribution in [3.63, 3.8) is 0 Å². The number of hydrogen-bond acceptors (Lipinski definition) is 3. The lowest BCUT2D eigenvalue weighted by atomic mass is 10.0. The lowest BCUT2D eigenvalue weighted by Gasteiger charge is -2.11. The van der Waals surface area contributed by atoms with Gasteiger partial charge in [0.25, 0.3) is 0 Å². The van der Waals surface area contributed by atoms with Gasteiger partial charge in [-0.2, -0.15) is 0 Å². The Morgan fingerprint density at radius 2 is 2.21 bits per heavy atom. The highest BCUT2D eigenvalue weighted by atomic mass is 19.1. The lowest BCUT2D eigenvalue weighted by molar-refractivity contribution is -0.118. The van der Waals surface area contributed by atoms with E-state index >= 15 is 0 Å². The van der Waals surface area contributed by atoms with Gasteiger partial charge in [0.2, 0.25) is 0 Å². The van der Waals surface area contributed by atoms with Crippen molar-refractivity contribution in [1.82, 2.24) is 0 Å². The summed E-state index contributed by atoms with van der Waals surface area (Å²) < 4.78 is 18.3. The Labute approximate surface area is 81.7 Å². The first-order valence-electron chi connectivity index (χ1n) is 4.16. The van der Waals surface area contributed by atoms with E-state index in [-0.39, 0.29) is 17.1 Å². The predicted molar refractivity (Wildman–Crippen MR) is 50.6 cm³/mol. The molecule has 1 rings (SSSR count). The van der Waals surface area contributed by atoms with Gasteiger partial charge in [0.05, 0.1) is 13.2 Å². The first-order chi connectivity index (χ1) is 6.57. The molecule has 0 saturated heterocycles. The minimum Gasteiger partial charge on any atom is -0.494 e. The highest BCUT2D eigenvalue weighted by molar-refractivity contribution is 5.82. The van der Waals surface area contributed by atoms with Crippen LogP contribution in [0.15, 0.2) is 18.2 Å². The molecule has 0 aliphatic rings. The highest BCUT2D eigenvalue weighted by Gasteiger charge is 2.17. The molecule has 0 aliphatic carbocycles. The monoisotopic (exact) mass is 197 g/mol. The molecule has 14 heavy (non-hydrogen) atoms. The van der Waals surface area contributed by atoms with Crippen LogP contribution in [0.3, 0.4) is 0 Å². The summed E-state index contributed by atoms with van der Waals surface area (Å²) in [6.45, 7) is 1.32. The third kappa shape index (κ3) is 1.90. The normalized spacial score (nSPS) is 12.3. The summed E-state index contributed by atoms with van der Waals surface area (Å²) in [4.78, 5) is 11.0. The van der Waals surface area contributed by atoms with Gasteiger partial charge >= 0.3 is 0 Å². The van der Waals surface area contributed by atoms with Gasteiger partial charge in [0.15, 0.2) is 17.3 Å². The SMILES string of the molecule is COc1cccc(C(N)C(C)=O)c1F. The van der Waals surface area contributed by atoms with Crippen LogP contribution >= 0.6 is 0 Å². The van der Waals surface area contributed by atoms with Crippen LogP contribution in [0.4, 0.5) is 4.39 Å². The van der Waals surface area contributed by atoms with Crippen LogP contribution in [0.5, 0.6) is 5.75 Å². The zero-order chi connectivity index (χ0) is 10.7. The second-order valence-corrected chi connectivity index (χ2v) is 2.95. The van der Waals surface area contributed by atoms with Gasteiger partial charge in [-0.05, 0) is 13.0 Å². The summed E-state index contributed by atoms with van der Waals surface area (Å²) in [5.74, 6) is -0.756. The molecule has 0 aromatic heterocycles. The molecule has 0 radical (unpaired) electrons. The zero-order valence-corrected chi connectivity index (χ0v) is 8.08. The Morgan fingerprint density at radius 3 is 2.71 bits per heavy atom. The number of rotatable bonds is 3. The maximum absolute atomic E-state index is 13.5. The second kappa shape index (κ2) is 4.19. The molecular formula is C10H12FNO2. The van der Waals surface area contributed by atoms with E-state index in [1.165, 1.54) is 26.2 Å². The molecular weight excluding hydrogens is 185 g/mol. The van der Waals surface area contributed by atoms with Gasteiger partial charge in [-0.1, -0.05) is 12.1 Å². The van der Waals surface area contributed by atoms with E-state index in [1.54, 1.807) is 6.07 Å². The minimum atomic E-state index is -0.926. The van der Waals surface area contributed by atoms with E-state index in [0.717, 1.165) is 0 Å². The van der Waals surface area contributed by atoms with Crippen LogP contribution in [-0.2, 0) is 4.79 Å². The predicted octanol–water partition coefficient (Wildman–Crippen LogP) is 1.42. The summed E-state index contributed by atoms with van der Waals surface area (Å²) in [6.07, 6.45) is 0. The van der Waals surface area contributed by atoms with Crippen LogP contribution in [-0.4, -0.2) is 12.9 Å². The summed E-state index contributed by atoms with van der Waals surface area (Å²) >= 11 is 0. The lowest BCUT2D eigenvalue weighted by Crippen LogP contribution is -2.20. The van der Waals surface area contributed by atoms with Gasteiger partial charge in [-0.15, -0.1) is 0 Å². The smallest absolute Gasteiger partial charge is 0.170 e. The molecule has 0 saturated carbocycles. The molecule has 76 valence electrons. The van der Waals surface area contributed by atoms with Gasteiger partial charge in [0, 0.05) is 5.56 Å². The molecule has 1 aromatic carbocycles. The quantitative estimate of drug-likeness (QED) is 0.797. The van der Waals surface area contributed by atoms with Crippen molar-refractivity contribution in [1.29, 1.82) is 0 Å². The molecule has 0 aliphatic heterocycles. The average molecular weight is 197 g/mol. The number of ether oxygens (including phenoxy) is 1. The molecule has 1 atom stereocenters. The highest BCUT2D eigenvalue weighted by Crippen LogP contribution is 2.24. The Bertz CT molecular complexity index is 352. The van der Waals surface area contributed by atoms with E-state index in [4.69, 9.17) is 10.5 Å². The van der Waals surface area contributed by atoms with Crippen molar-refractivity contribution in [3.05, 3.63) is 29.6 Å². The standard InChI is InChI=1S/C10H12FNO2/c1-6(13)10(12)7-4-3-5-8(14-2)9(7)11/h3-5,10H,12H2,1-2H3. The maximum atomic E-state index is 13.5. The van der Waals surface area contributed by atoms with Crippen molar-refractivity contribution < 1.29 is 13.9 Å². The van der Waals surface area contributed by atoms with Crippen molar-refractivity contribution >= 4 is 5.78 Å². The number of nitrogens with two attached hydrogens (primary N) is 1. The Morgan fingerprint density at radius 1 is 1.57 bits per heavy atom. The third-order valence-electron chi connectivity index (χ3n) is 1.99. The van der Waals surface area contributed by atoms with Gasteiger partial charge in [0.1, 0.15) is 0 Å². The van der Waals surface area contributed by atoms with Gasteiger partial charge in [-0.25, -0.2) is 4.39 Å². The molecule has 1 aromatic rings. The van der Waals surface area contributed by atoms with Crippen molar-refractivity contribution in [2.45, 2.75) is 13.0 Å². The van der Waals surface area contributed by atoms with Gasteiger partial charge in [-0.3, -0.25) is 4.79 Å². The molecule has 0 fully saturated rings. The van der Waals surface area contributed by atoms with Crippen LogP contribution in [0.2, 0.25) is 0 Å². The zero-order valence-electron chi connectivity index (χ0n) is 8.08. The number of carbonyl (C=O) groups excluding carboxylic acids is 1. The molecule has 2 N–H and O–H groups in total. The van der Waals surface area contributed by atoms with Crippen LogP contribution < -0.4 is 10.5 Å². The molecule has 1 unspecified atom stereocenters. The van der Waals surface area contributed by atoms with Crippen molar-refractivity contribution in [2.75, 3.05) is 7.11 Å². The fraction of sp³-hybridized carbons (Fsp3) is 0.300. The van der Waals surface area contributed by atoms with E-state index in [1.807, 2.05) is 0 Å². The number of methoxy groups -OCH3 is 1. The maximum Gasteiger partial charge on any atom is 0.170 e. The minimum absolute atomic E-state index is 0.0965. The fourth-order valence-electron chi connectivity index (χ4n) is 1.14. The fourth-order valence-corrected chi connectivity index (χ4v) is 1.14. The second-order valence-electron chi connectivity index (χ2n) is 2.95. The Kier molecular flexibility index (Phi) is 3.19. The molecule has 0 amide bonds. The van der Waals surface area contributed by atoms with Crippen LogP contribution in [0.25, 0.3) is 0 Å². The first-order valence-corrected chi connectivity index (χ1v) is 4.16. The molecule has 0 heterocycles. The average Bonchev–Trinajstić information content (AvgIpc) is 2.17. The van der Waals surface area contributed by atoms with Crippen molar-refractivity contribution in [2.24, 2.45) is 5.73 Å². The number of ketones is 1. The number of benzene rings is 1. The molecule has 3 nitrogen and oxygen atoms in total. The van der Waals surface area contributed by atoms with Gasteiger partial charge < -0.3 is 10.5 Å². The molecule has 0 bridgehead atoms. The van der Waals surface area contributed by atoms with E-state index in [9.17, 15) is 9.18 Å². The summed E-state index contributed by atoms with van der Waals surface area (Å²) in [7, 11) is 1.36. The third-order valence-corrected chi connectivity index (χ3v) is 1.99. The Balaban J connectivity index is 3.15. The van der Waals surface area contributed by atoms with Crippen LogP contribution in [0, 0.1) is 5.82 Å². The number of carbonyl (C=O) groups is 1. The Hall–Kier alpha value is -1.42.